The Kier molecular flexibility index (Phi) is 4.71. The SMILES string of the molecule is COC(=O)c1c(NC(=S)N2CCc3ccccc32)sc2c1CC[C@@H](C)C2. The molecule has 4 nitrogen and oxygen atoms in total. The highest BCUT2D eigenvalue weighted by molar-refractivity contribution is 7.80. The molecular weight excluding hydrogens is 364 g/mol. The minimum absolute atomic E-state index is 0.274. The molecule has 0 saturated heterocycles. The maximum Gasteiger partial charge on any atom is 0.341 e. The van der Waals surface area contributed by atoms with Crippen molar-refractivity contribution in [1.82, 2.24) is 0 Å². The molecule has 0 radical (unpaired) electrons. The van der Waals surface area contributed by atoms with Crippen LogP contribution in [-0.4, -0.2) is 24.7 Å². The summed E-state index contributed by atoms with van der Waals surface area (Å²) in [6.45, 7) is 3.13. The van der Waals surface area contributed by atoms with Gasteiger partial charge in [-0.2, -0.15) is 0 Å². The molecule has 4 rings (SSSR count). The fourth-order valence-corrected chi connectivity index (χ4v) is 5.62. The molecule has 1 atom stereocenters. The fraction of sp³-hybridized carbons (Fsp3) is 0.400. The van der Waals surface area contributed by atoms with Crippen molar-refractivity contribution < 1.29 is 9.53 Å². The van der Waals surface area contributed by atoms with Gasteiger partial charge in [-0.1, -0.05) is 25.1 Å². The predicted molar refractivity (Wildman–Crippen MR) is 111 cm³/mol. The molecule has 1 aliphatic carbocycles. The number of hydrogen-bond acceptors (Lipinski definition) is 4. The van der Waals surface area contributed by atoms with Crippen molar-refractivity contribution in [2.45, 2.75) is 32.6 Å². The second-order valence-corrected chi connectivity index (χ2v) is 8.50. The van der Waals surface area contributed by atoms with Gasteiger partial charge in [0.1, 0.15) is 5.00 Å². The Morgan fingerprint density at radius 3 is 2.96 bits per heavy atom. The molecule has 1 aromatic heterocycles. The summed E-state index contributed by atoms with van der Waals surface area (Å²) in [7, 11) is 1.44. The molecule has 0 bridgehead atoms. The summed E-state index contributed by atoms with van der Waals surface area (Å²) in [5.41, 5.74) is 4.28. The zero-order chi connectivity index (χ0) is 18.3. The second kappa shape index (κ2) is 7.00. The van der Waals surface area contributed by atoms with Gasteiger partial charge >= 0.3 is 5.97 Å². The van der Waals surface area contributed by atoms with Crippen LogP contribution in [0.15, 0.2) is 24.3 Å². The Balaban J connectivity index is 1.64. The molecule has 136 valence electrons. The average molecular weight is 387 g/mol. The molecule has 2 aromatic rings. The van der Waals surface area contributed by atoms with Gasteiger partial charge in [-0.3, -0.25) is 0 Å². The normalized spacial score (nSPS) is 18.2. The Bertz CT molecular complexity index is 875. The van der Waals surface area contributed by atoms with Gasteiger partial charge in [0.15, 0.2) is 5.11 Å². The summed E-state index contributed by atoms with van der Waals surface area (Å²) in [5.74, 6) is 0.376. The highest BCUT2D eigenvalue weighted by Gasteiger charge is 2.30. The predicted octanol–water partition coefficient (Wildman–Crippen LogP) is 4.42. The molecule has 1 aromatic carbocycles. The van der Waals surface area contributed by atoms with Crippen molar-refractivity contribution in [2.24, 2.45) is 5.92 Å². The summed E-state index contributed by atoms with van der Waals surface area (Å²) in [6.07, 6.45) is 4.04. The number of thiophene rings is 1. The number of benzene rings is 1. The average Bonchev–Trinajstić information content (AvgIpc) is 3.21. The van der Waals surface area contributed by atoms with Crippen LogP contribution in [-0.2, 0) is 24.0 Å². The van der Waals surface area contributed by atoms with Gasteiger partial charge in [0.05, 0.1) is 12.7 Å². The van der Waals surface area contributed by atoms with E-state index in [1.807, 2.05) is 6.07 Å². The van der Waals surface area contributed by atoms with Crippen molar-refractivity contribution >= 4 is 45.3 Å². The molecule has 26 heavy (non-hydrogen) atoms. The topological polar surface area (TPSA) is 41.6 Å². The van der Waals surface area contributed by atoms with E-state index in [0.717, 1.165) is 48.5 Å². The summed E-state index contributed by atoms with van der Waals surface area (Å²) < 4.78 is 5.06. The highest BCUT2D eigenvalue weighted by Crippen LogP contribution is 2.40. The minimum atomic E-state index is -0.274. The van der Waals surface area contributed by atoms with Crippen molar-refractivity contribution in [3.05, 3.63) is 45.8 Å². The van der Waals surface area contributed by atoms with E-state index in [1.54, 1.807) is 11.3 Å². The van der Waals surface area contributed by atoms with Crippen LogP contribution in [0.3, 0.4) is 0 Å². The molecule has 6 heteroatoms. The number of nitrogens with zero attached hydrogens (tertiary/aromatic N) is 1. The number of nitrogens with one attached hydrogen (secondary N) is 1. The molecule has 2 aliphatic rings. The second-order valence-electron chi connectivity index (χ2n) is 7.01. The molecule has 0 saturated carbocycles. The van der Waals surface area contributed by atoms with Crippen LogP contribution in [0.5, 0.6) is 0 Å². The largest absolute Gasteiger partial charge is 0.465 e. The van der Waals surface area contributed by atoms with E-state index in [4.69, 9.17) is 17.0 Å². The highest BCUT2D eigenvalue weighted by atomic mass is 32.1. The fourth-order valence-electron chi connectivity index (χ4n) is 3.87. The van der Waals surface area contributed by atoms with Crippen molar-refractivity contribution in [3.8, 4) is 0 Å². The van der Waals surface area contributed by atoms with Gasteiger partial charge in [-0.15, -0.1) is 11.3 Å². The minimum Gasteiger partial charge on any atom is -0.465 e. The van der Waals surface area contributed by atoms with E-state index in [0.29, 0.717) is 16.6 Å². The first kappa shape index (κ1) is 17.5. The third-order valence-electron chi connectivity index (χ3n) is 5.25. The van der Waals surface area contributed by atoms with E-state index < -0.39 is 0 Å². The Morgan fingerprint density at radius 1 is 1.35 bits per heavy atom. The number of rotatable bonds is 2. The lowest BCUT2D eigenvalue weighted by Gasteiger charge is -2.21. The van der Waals surface area contributed by atoms with E-state index in [2.05, 4.69) is 35.3 Å². The van der Waals surface area contributed by atoms with Gasteiger partial charge in [0.25, 0.3) is 0 Å². The number of para-hydroxylation sites is 1. The van der Waals surface area contributed by atoms with Gasteiger partial charge in [-0.25, -0.2) is 4.79 Å². The molecular formula is C20H22N2O2S2. The third kappa shape index (κ3) is 3.01. The van der Waals surface area contributed by atoms with Gasteiger partial charge in [-0.05, 0) is 61.0 Å². The lowest BCUT2D eigenvalue weighted by atomic mass is 9.88. The van der Waals surface area contributed by atoms with Crippen LogP contribution >= 0.6 is 23.6 Å². The van der Waals surface area contributed by atoms with E-state index in [9.17, 15) is 4.79 Å². The van der Waals surface area contributed by atoms with E-state index in [1.165, 1.54) is 17.6 Å². The smallest absolute Gasteiger partial charge is 0.341 e. The van der Waals surface area contributed by atoms with Crippen LogP contribution in [0.25, 0.3) is 0 Å². The quantitative estimate of drug-likeness (QED) is 0.611. The zero-order valence-corrected chi connectivity index (χ0v) is 16.6. The Labute approximate surface area is 163 Å². The summed E-state index contributed by atoms with van der Waals surface area (Å²) in [6, 6.07) is 8.33. The Morgan fingerprint density at radius 2 is 2.15 bits per heavy atom. The molecule has 1 N–H and O–H groups in total. The molecule has 1 aliphatic heterocycles. The van der Waals surface area contributed by atoms with Crippen LogP contribution in [0.4, 0.5) is 10.7 Å². The summed E-state index contributed by atoms with van der Waals surface area (Å²) >= 11 is 7.34. The molecule has 0 fully saturated rings. The number of ether oxygens (including phenoxy) is 1. The van der Waals surface area contributed by atoms with Crippen LogP contribution in [0.2, 0.25) is 0 Å². The lowest BCUT2D eigenvalue weighted by molar-refractivity contribution is 0.0601. The van der Waals surface area contributed by atoms with Crippen molar-refractivity contribution in [2.75, 3.05) is 23.9 Å². The number of thiocarbonyl (C=S) groups is 1. The number of fused-ring (bicyclic) bond motifs is 2. The summed E-state index contributed by atoms with van der Waals surface area (Å²) in [5, 5.41) is 4.83. The maximum absolute atomic E-state index is 12.4. The van der Waals surface area contributed by atoms with Gasteiger partial charge in [0, 0.05) is 17.1 Å². The number of anilines is 2. The zero-order valence-electron chi connectivity index (χ0n) is 15.0. The van der Waals surface area contributed by atoms with Crippen molar-refractivity contribution in [3.63, 3.8) is 0 Å². The van der Waals surface area contributed by atoms with E-state index >= 15 is 0 Å². The first-order chi connectivity index (χ1) is 12.6. The standard InChI is InChI=1S/C20H22N2O2S2/c1-12-7-8-14-16(11-12)26-18(17(14)19(23)24-2)21-20(25)22-10-9-13-5-3-4-6-15(13)22/h3-6,12H,7-11H2,1-2H3,(H,21,25)/t12-/m1/s1. The number of hydrogen-bond donors (Lipinski definition) is 1. The number of esters is 1. The third-order valence-corrected chi connectivity index (χ3v) is 6.75. The number of carbonyl (C=O) groups is 1. The van der Waals surface area contributed by atoms with Gasteiger partial charge in [0.2, 0.25) is 0 Å². The first-order valence-electron chi connectivity index (χ1n) is 8.97. The van der Waals surface area contributed by atoms with Gasteiger partial charge < -0.3 is 15.0 Å². The van der Waals surface area contributed by atoms with E-state index in [-0.39, 0.29) is 5.97 Å². The lowest BCUT2D eigenvalue weighted by Crippen LogP contribution is -2.33. The number of carbonyl (C=O) groups excluding carboxylic acids is 1. The first-order valence-corrected chi connectivity index (χ1v) is 10.2. The van der Waals surface area contributed by atoms with Crippen LogP contribution in [0.1, 0.15) is 39.7 Å². The van der Waals surface area contributed by atoms with Crippen LogP contribution < -0.4 is 10.2 Å². The van der Waals surface area contributed by atoms with Crippen LogP contribution in [0, 0.1) is 5.92 Å². The molecule has 0 unspecified atom stereocenters. The molecule has 0 spiro atoms. The maximum atomic E-state index is 12.4. The monoisotopic (exact) mass is 386 g/mol. The Hall–Kier alpha value is -1.92. The molecule has 0 amide bonds. The number of methoxy groups -OCH3 is 1. The van der Waals surface area contributed by atoms with Crippen molar-refractivity contribution in [1.29, 1.82) is 0 Å². The summed E-state index contributed by atoms with van der Waals surface area (Å²) in [4.78, 5) is 15.8. The molecule has 2 heterocycles.